The third kappa shape index (κ3) is 3.38. The SMILES string of the molecule is COC1CCC(CN)(Nc2cc(F)ccc2Cl)CC1. The van der Waals surface area contributed by atoms with Crippen LogP contribution in [0.5, 0.6) is 0 Å². The van der Waals surface area contributed by atoms with Crippen LogP contribution < -0.4 is 11.1 Å². The first-order valence-electron chi connectivity index (χ1n) is 6.55. The van der Waals surface area contributed by atoms with Crippen LogP contribution in [0.1, 0.15) is 25.7 Å². The predicted molar refractivity (Wildman–Crippen MR) is 76.1 cm³/mol. The number of anilines is 1. The van der Waals surface area contributed by atoms with Crippen molar-refractivity contribution in [2.75, 3.05) is 19.0 Å². The molecule has 0 unspecified atom stereocenters. The van der Waals surface area contributed by atoms with Crippen molar-refractivity contribution in [3.8, 4) is 0 Å². The van der Waals surface area contributed by atoms with Crippen molar-refractivity contribution in [3.63, 3.8) is 0 Å². The van der Waals surface area contributed by atoms with E-state index >= 15 is 0 Å². The predicted octanol–water partition coefficient (Wildman–Crippen LogP) is 3.18. The van der Waals surface area contributed by atoms with Gasteiger partial charge in [0, 0.05) is 19.2 Å². The number of rotatable bonds is 4. The summed E-state index contributed by atoms with van der Waals surface area (Å²) in [6, 6.07) is 4.33. The molecule has 1 aromatic carbocycles. The average Bonchev–Trinajstić information content (AvgIpc) is 2.44. The molecule has 1 aliphatic rings. The maximum Gasteiger partial charge on any atom is 0.125 e. The van der Waals surface area contributed by atoms with Crippen LogP contribution in [-0.2, 0) is 4.74 Å². The number of benzene rings is 1. The number of nitrogens with two attached hydrogens (primary N) is 1. The third-order valence-electron chi connectivity index (χ3n) is 3.94. The second kappa shape index (κ2) is 6.07. The van der Waals surface area contributed by atoms with E-state index in [4.69, 9.17) is 22.1 Å². The van der Waals surface area contributed by atoms with Crippen LogP contribution in [0.3, 0.4) is 0 Å². The molecule has 5 heteroatoms. The molecule has 0 spiro atoms. The smallest absolute Gasteiger partial charge is 0.125 e. The van der Waals surface area contributed by atoms with Gasteiger partial charge in [-0.3, -0.25) is 0 Å². The number of nitrogens with one attached hydrogen (secondary N) is 1. The van der Waals surface area contributed by atoms with E-state index < -0.39 is 0 Å². The van der Waals surface area contributed by atoms with E-state index in [1.165, 1.54) is 12.1 Å². The van der Waals surface area contributed by atoms with Crippen LogP contribution in [-0.4, -0.2) is 25.3 Å². The molecule has 0 bridgehead atoms. The van der Waals surface area contributed by atoms with Gasteiger partial charge in [0.15, 0.2) is 0 Å². The number of hydrogen-bond acceptors (Lipinski definition) is 3. The molecule has 1 aromatic rings. The molecule has 3 N–H and O–H groups in total. The summed E-state index contributed by atoms with van der Waals surface area (Å²) in [6.07, 6.45) is 4.00. The van der Waals surface area contributed by atoms with E-state index in [0.29, 0.717) is 23.4 Å². The Hall–Kier alpha value is -0.840. The van der Waals surface area contributed by atoms with Gasteiger partial charge in [-0.05, 0) is 43.9 Å². The largest absolute Gasteiger partial charge is 0.381 e. The molecule has 0 amide bonds. The van der Waals surface area contributed by atoms with Crippen molar-refractivity contribution in [3.05, 3.63) is 29.0 Å². The van der Waals surface area contributed by atoms with Gasteiger partial charge in [-0.2, -0.15) is 0 Å². The minimum Gasteiger partial charge on any atom is -0.381 e. The average molecular weight is 287 g/mol. The first-order valence-corrected chi connectivity index (χ1v) is 6.92. The second-order valence-corrected chi connectivity index (χ2v) is 5.58. The van der Waals surface area contributed by atoms with Crippen molar-refractivity contribution in [2.45, 2.75) is 37.3 Å². The van der Waals surface area contributed by atoms with Gasteiger partial charge in [-0.15, -0.1) is 0 Å². The summed E-state index contributed by atoms with van der Waals surface area (Å²) in [5.74, 6) is -0.301. The topological polar surface area (TPSA) is 47.3 Å². The zero-order chi connectivity index (χ0) is 13.9. The van der Waals surface area contributed by atoms with Crippen molar-refractivity contribution in [1.29, 1.82) is 0 Å². The molecule has 1 saturated carbocycles. The molecule has 106 valence electrons. The maximum absolute atomic E-state index is 13.3. The van der Waals surface area contributed by atoms with Gasteiger partial charge in [-0.25, -0.2) is 4.39 Å². The maximum atomic E-state index is 13.3. The van der Waals surface area contributed by atoms with E-state index in [1.54, 1.807) is 13.2 Å². The Morgan fingerprint density at radius 2 is 2.16 bits per heavy atom. The molecule has 1 fully saturated rings. The monoisotopic (exact) mass is 286 g/mol. The van der Waals surface area contributed by atoms with E-state index in [2.05, 4.69) is 5.32 Å². The van der Waals surface area contributed by atoms with Gasteiger partial charge in [0.25, 0.3) is 0 Å². The fourth-order valence-corrected chi connectivity index (χ4v) is 2.80. The Bertz CT molecular complexity index is 433. The molecule has 1 aliphatic carbocycles. The van der Waals surface area contributed by atoms with Crippen LogP contribution in [0.4, 0.5) is 10.1 Å². The zero-order valence-electron chi connectivity index (χ0n) is 11.1. The normalized spacial score (nSPS) is 27.3. The molecule has 0 aromatic heterocycles. The lowest BCUT2D eigenvalue weighted by Crippen LogP contribution is -2.49. The molecule has 0 atom stereocenters. The number of halogens is 2. The molecule has 2 rings (SSSR count). The standard InChI is InChI=1S/C14H20ClFN2O/c1-19-11-4-6-14(9-17,7-5-11)18-13-8-10(16)2-3-12(13)15/h2-3,8,11,18H,4-7,9,17H2,1H3. The van der Waals surface area contributed by atoms with E-state index in [0.717, 1.165) is 25.7 Å². The first-order chi connectivity index (χ1) is 9.08. The molecule has 19 heavy (non-hydrogen) atoms. The van der Waals surface area contributed by atoms with Gasteiger partial charge in [0.1, 0.15) is 5.82 Å². The van der Waals surface area contributed by atoms with Crippen LogP contribution in [0.25, 0.3) is 0 Å². The highest BCUT2D eigenvalue weighted by Gasteiger charge is 2.34. The third-order valence-corrected chi connectivity index (χ3v) is 4.27. The lowest BCUT2D eigenvalue weighted by Gasteiger charge is -2.40. The van der Waals surface area contributed by atoms with Crippen LogP contribution in [0, 0.1) is 5.82 Å². The van der Waals surface area contributed by atoms with Crippen molar-refractivity contribution in [1.82, 2.24) is 0 Å². The molecule has 0 saturated heterocycles. The highest BCUT2D eigenvalue weighted by molar-refractivity contribution is 6.33. The number of ether oxygens (including phenoxy) is 1. The Balaban J connectivity index is 2.13. The Labute approximate surface area is 118 Å². The van der Waals surface area contributed by atoms with Crippen molar-refractivity contribution < 1.29 is 9.13 Å². The van der Waals surface area contributed by atoms with Crippen molar-refractivity contribution in [2.24, 2.45) is 5.73 Å². The summed E-state index contributed by atoms with van der Waals surface area (Å²) in [5, 5.41) is 3.86. The Morgan fingerprint density at radius 1 is 1.47 bits per heavy atom. The second-order valence-electron chi connectivity index (χ2n) is 5.17. The van der Waals surface area contributed by atoms with Crippen LogP contribution in [0.2, 0.25) is 5.02 Å². The first kappa shape index (κ1) is 14.6. The summed E-state index contributed by atoms with van der Waals surface area (Å²) in [6.45, 7) is 0.496. The molecule has 0 heterocycles. The Morgan fingerprint density at radius 3 is 2.74 bits per heavy atom. The highest BCUT2D eigenvalue weighted by atomic mass is 35.5. The summed E-state index contributed by atoms with van der Waals surface area (Å²) in [4.78, 5) is 0. The fourth-order valence-electron chi connectivity index (χ4n) is 2.64. The van der Waals surface area contributed by atoms with E-state index in [1.807, 2.05) is 0 Å². The summed E-state index contributed by atoms with van der Waals surface area (Å²) < 4.78 is 18.7. The van der Waals surface area contributed by atoms with Gasteiger partial charge in [-0.1, -0.05) is 11.6 Å². The van der Waals surface area contributed by atoms with Gasteiger partial charge < -0.3 is 15.8 Å². The van der Waals surface area contributed by atoms with E-state index in [-0.39, 0.29) is 11.4 Å². The van der Waals surface area contributed by atoms with Gasteiger partial charge >= 0.3 is 0 Å². The summed E-state index contributed by atoms with van der Waals surface area (Å²) >= 11 is 6.10. The molecule has 0 aliphatic heterocycles. The molecular weight excluding hydrogens is 267 g/mol. The lowest BCUT2D eigenvalue weighted by molar-refractivity contribution is 0.0550. The Kier molecular flexibility index (Phi) is 4.66. The minimum atomic E-state index is -0.301. The van der Waals surface area contributed by atoms with Crippen LogP contribution >= 0.6 is 11.6 Å². The highest BCUT2D eigenvalue weighted by Crippen LogP contribution is 2.34. The van der Waals surface area contributed by atoms with Crippen LogP contribution in [0.15, 0.2) is 18.2 Å². The minimum absolute atomic E-state index is 0.216. The molecule has 0 radical (unpaired) electrons. The summed E-state index contributed by atoms with van der Waals surface area (Å²) in [5.41, 5.74) is 6.32. The summed E-state index contributed by atoms with van der Waals surface area (Å²) in [7, 11) is 1.73. The number of methoxy groups -OCH3 is 1. The van der Waals surface area contributed by atoms with Gasteiger partial charge in [0.2, 0.25) is 0 Å². The van der Waals surface area contributed by atoms with E-state index in [9.17, 15) is 4.39 Å². The van der Waals surface area contributed by atoms with Crippen molar-refractivity contribution >= 4 is 17.3 Å². The fraction of sp³-hybridized carbons (Fsp3) is 0.571. The zero-order valence-corrected chi connectivity index (χ0v) is 11.8. The molecule has 3 nitrogen and oxygen atoms in total. The van der Waals surface area contributed by atoms with Gasteiger partial charge in [0.05, 0.1) is 16.8 Å². The molecular formula is C14H20ClFN2O. The quantitative estimate of drug-likeness (QED) is 0.894. The number of hydrogen-bond donors (Lipinski definition) is 2. The lowest BCUT2D eigenvalue weighted by atomic mass is 9.80.